The SMILES string of the molecule is [B]c1ccc2nc1NCCC[C@@H]1CN(c3nc(-n4ccc(OC([B])([B])C([B])([B])C5C6(CC6)C56CC6)n4)ccc3C(=O)NS2(=O)=O)C(C)(C)C1. The van der Waals surface area contributed by atoms with E-state index in [4.69, 9.17) is 49.0 Å². The summed E-state index contributed by atoms with van der Waals surface area (Å²) in [6.07, 6.45) is 8.48. The Labute approximate surface area is 293 Å². The number of hydrogen-bond acceptors (Lipinski definition) is 9. The molecule has 10 radical (unpaired) electrons. The van der Waals surface area contributed by atoms with Crippen molar-refractivity contribution in [2.24, 2.45) is 22.7 Å². The second-order valence-electron chi connectivity index (χ2n) is 15.3. The average Bonchev–Trinajstić information content (AvgIpc) is 3.98. The second-order valence-corrected chi connectivity index (χ2v) is 16.9. The highest BCUT2D eigenvalue weighted by Gasteiger charge is 2.89. The van der Waals surface area contributed by atoms with Crippen LogP contribution >= 0.6 is 0 Å². The van der Waals surface area contributed by atoms with E-state index >= 15 is 0 Å². The van der Waals surface area contributed by atoms with Crippen molar-refractivity contribution in [1.29, 1.82) is 0 Å². The first-order valence-electron chi connectivity index (χ1n) is 16.8. The van der Waals surface area contributed by atoms with Crippen LogP contribution in [0.15, 0.2) is 41.6 Å². The van der Waals surface area contributed by atoms with Crippen LogP contribution in [0, 0.1) is 22.7 Å². The molecule has 2 N–H and O–H groups in total. The Balaban J connectivity index is 1.11. The summed E-state index contributed by atoms with van der Waals surface area (Å²) in [4.78, 5) is 24.9. The maximum Gasteiger partial charge on any atom is 0.281 e. The number of fused-ring (bicyclic) bond motifs is 7. The van der Waals surface area contributed by atoms with Crippen molar-refractivity contribution in [2.45, 2.75) is 80.0 Å². The van der Waals surface area contributed by atoms with Crippen LogP contribution in [-0.2, 0) is 10.0 Å². The van der Waals surface area contributed by atoms with E-state index < -0.39 is 32.1 Å². The van der Waals surface area contributed by atoms with E-state index in [1.807, 2.05) is 0 Å². The number of amides is 1. The summed E-state index contributed by atoms with van der Waals surface area (Å²) in [6.45, 7) is 5.33. The summed E-state index contributed by atoms with van der Waals surface area (Å²) in [5.74, 6) is 0.467. The van der Waals surface area contributed by atoms with E-state index in [-0.39, 0.29) is 39.0 Å². The molecule has 11 nitrogen and oxygen atoms in total. The average molecular weight is 667 g/mol. The first kappa shape index (κ1) is 32.8. The van der Waals surface area contributed by atoms with Gasteiger partial charge in [-0.05, 0) is 99.7 Å². The highest BCUT2D eigenvalue weighted by atomic mass is 32.2. The fourth-order valence-corrected chi connectivity index (χ4v) is 9.86. The lowest BCUT2D eigenvalue weighted by Gasteiger charge is -2.45. The van der Waals surface area contributed by atoms with Crippen LogP contribution in [0.2, 0.25) is 5.21 Å². The van der Waals surface area contributed by atoms with E-state index in [2.05, 4.69) is 38.9 Å². The van der Waals surface area contributed by atoms with Crippen LogP contribution in [0.4, 0.5) is 11.6 Å². The number of carbonyl (C=O) groups is 1. The minimum Gasteiger partial charge on any atom is -0.491 e. The number of nitrogens with one attached hydrogen (secondary N) is 2. The van der Waals surface area contributed by atoms with Gasteiger partial charge in [0.05, 0.1) is 21.3 Å². The second kappa shape index (κ2) is 10.6. The van der Waals surface area contributed by atoms with Gasteiger partial charge in [0.15, 0.2) is 10.8 Å². The first-order valence-corrected chi connectivity index (χ1v) is 18.2. The fourth-order valence-electron chi connectivity index (χ4n) is 8.94. The van der Waals surface area contributed by atoms with Crippen LogP contribution in [0.5, 0.6) is 5.88 Å². The number of pyridine rings is 2. The molecule has 4 bridgehead atoms. The zero-order chi connectivity index (χ0) is 34.8. The molecule has 3 aromatic heterocycles. The van der Waals surface area contributed by atoms with Crippen LogP contribution in [0.1, 0.15) is 69.2 Å². The molecule has 3 saturated carbocycles. The summed E-state index contributed by atoms with van der Waals surface area (Å²) < 4.78 is 36.3. The third-order valence-corrected chi connectivity index (χ3v) is 12.9. The van der Waals surface area contributed by atoms with Gasteiger partial charge < -0.3 is 15.0 Å². The Morgan fingerprint density at radius 3 is 2.41 bits per heavy atom. The highest BCUT2D eigenvalue weighted by molar-refractivity contribution is 7.90. The van der Waals surface area contributed by atoms with Gasteiger partial charge in [0.25, 0.3) is 15.9 Å². The normalized spacial score (nSPS) is 24.7. The number of anilines is 2. The zero-order valence-electron chi connectivity index (χ0n) is 27.6. The minimum absolute atomic E-state index is 0.0172. The number of rotatable bonds is 5. The van der Waals surface area contributed by atoms with Gasteiger partial charge in [0, 0.05) is 36.3 Å². The predicted molar refractivity (Wildman–Crippen MR) is 189 cm³/mol. The molecule has 0 aromatic carbocycles. The quantitative estimate of drug-likeness (QED) is 0.388. The van der Waals surface area contributed by atoms with E-state index in [9.17, 15) is 13.2 Å². The van der Waals surface area contributed by atoms with Gasteiger partial charge in [-0.15, -0.1) is 5.10 Å². The molecule has 1 saturated heterocycles. The minimum atomic E-state index is -4.36. The van der Waals surface area contributed by atoms with Crippen LogP contribution in [-0.4, -0.2) is 97.3 Å². The first-order chi connectivity index (χ1) is 23.0. The molecule has 242 valence electrons. The summed E-state index contributed by atoms with van der Waals surface area (Å²) in [5, 5.41) is 3.98. The lowest BCUT2D eigenvalue weighted by atomic mass is 9.33. The molecule has 5 heterocycles. The van der Waals surface area contributed by atoms with Gasteiger partial charge in [0.1, 0.15) is 35.2 Å². The lowest BCUT2D eigenvalue weighted by Crippen LogP contribution is -2.52. The zero-order valence-corrected chi connectivity index (χ0v) is 28.5. The molecule has 4 fully saturated rings. The lowest BCUT2D eigenvalue weighted by molar-refractivity contribution is 0.0981. The van der Waals surface area contributed by atoms with Crippen molar-refractivity contribution in [1.82, 2.24) is 24.5 Å². The molecule has 2 spiro atoms. The van der Waals surface area contributed by atoms with Crippen molar-refractivity contribution in [2.75, 3.05) is 23.3 Å². The molecule has 1 amide bonds. The maximum atomic E-state index is 13.8. The third-order valence-electron chi connectivity index (χ3n) is 11.6. The van der Waals surface area contributed by atoms with E-state index in [1.165, 1.54) is 22.9 Å². The number of hydrogen-bond donors (Lipinski definition) is 2. The van der Waals surface area contributed by atoms with Gasteiger partial charge in [-0.3, -0.25) is 4.79 Å². The molecule has 8 rings (SSSR count). The van der Waals surface area contributed by atoms with Gasteiger partial charge in [0.2, 0.25) is 5.88 Å². The van der Waals surface area contributed by atoms with E-state index in [0.29, 0.717) is 36.1 Å². The van der Waals surface area contributed by atoms with Gasteiger partial charge in [-0.25, -0.2) is 19.4 Å². The molecular formula is C32H34B5N7O4S. The number of sulfonamides is 1. The molecule has 0 unspecified atom stereocenters. The van der Waals surface area contributed by atoms with Gasteiger partial charge >= 0.3 is 0 Å². The predicted octanol–water partition coefficient (Wildman–Crippen LogP) is 1.40. The van der Waals surface area contributed by atoms with Crippen molar-refractivity contribution in [3.63, 3.8) is 0 Å². The summed E-state index contributed by atoms with van der Waals surface area (Å²) >= 11 is 0. The summed E-state index contributed by atoms with van der Waals surface area (Å²) in [6, 6.07) is 7.41. The molecule has 3 aromatic rings. The standard InChI is InChI=1S/C32H34B5N7O4S/c1-28(2)16-18-4-3-14-38-24-20(33)6-8-23(40-24)49(46,47)42-26(45)19-5-7-21(39-25(19)43(28)17-18)44-15-9-22(41-44)48-32(36,37)31(34,35)27-29(10-11-29)30(27)12-13-30/h5-9,15,18,27H,3-4,10-14,16-17H2,1-2H3,(H,38,40)(H,42,45)/t18-/m0/s1. The Kier molecular flexibility index (Phi) is 7.09. The Morgan fingerprint density at radius 2 is 1.71 bits per heavy atom. The fraction of sp³-hybridized carbons (Fsp3) is 0.562. The smallest absolute Gasteiger partial charge is 0.281 e. The maximum absolute atomic E-state index is 13.8. The van der Waals surface area contributed by atoms with E-state index in [1.54, 1.807) is 18.3 Å². The topological polar surface area (TPSA) is 131 Å². The monoisotopic (exact) mass is 667 g/mol. The summed E-state index contributed by atoms with van der Waals surface area (Å²) in [5.41, 5.74) is 0.280. The summed E-state index contributed by atoms with van der Waals surface area (Å²) in [7, 11) is 28.0. The van der Waals surface area contributed by atoms with Crippen molar-refractivity contribution in [3.8, 4) is 11.7 Å². The number of nitrogens with zero attached hydrogens (tertiary/aromatic N) is 5. The van der Waals surface area contributed by atoms with Crippen LogP contribution in [0.25, 0.3) is 5.82 Å². The van der Waals surface area contributed by atoms with E-state index in [0.717, 1.165) is 44.9 Å². The van der Waals surface area contributed by atoms with Gasteiger partial charge in [-0.2, -0.15) is 8.42 Å². The molecule has 1 atom stereocenters. The molecule has 2 aliphatic heterocycles. The Morgan fingerprint density at radius 1 is 1.00 bits per heavy atom. The number of ether oxygens (including phenoxy) is 1. The van der Waals surface area contributed by atoms with Crippen molar-refractivity contribution in [3.05, 3.63) is 42.1 Å². The number of carbonyl (C=O) groups excluding carboxylic acids is 1. The molecule has 49 heavy (non-hydrogen) atoms. The van der Waals surface area contributed by atoms with Crippen LogP contribution < -0.4 is 25.1 Å². The third kappa shape index (κ3) is 5.15. The highest BCUT2D eigenvalue weighted by Crippen LogP contribution is 2.96. The molecular weight excluding hydrogens is 633 g/mol. The van der Waals surface area contributed by atoms with Crippen molar-refractivity contribution >= 4 is 72.3 Å². The van der Waals surface area contributed by atoms with Gasteiger partial charge in [-0.1, -0.05) is 16.7 Å². The molecule has 3 aliphatic carbocycles. The molecule has 17 heteroatoms. The van der Waals surface area contributed by atoms with Crippen LogP contribution in [0.3, 0.4) is 0 Å². The number of aromatic nitrogens is 4. The Bertz CT molecular complexity index is 1960. The van der Waals surface area contributed by atoms with Crippen molar-refractivity contribution < 1.29 is 17.9 Å². The Hall–Kier alpha value is -3.35. The largest absolute Gasteiger partial charge is 0.491 e. The molecule has 5 aliphatic rings.